The van der Waals surface area contributed by atoms with Crippen molar-refractivity contribution < 1.29 is 27.4 Å². The molecule has 0 bridgehead atoms. The summed E-state index contributed by atoms with van der Waals surface area (Å²) in [5.74, 6) is 0.598. The maximum atomic E-state index is 14.2. The van der Waals surface area contributed by atoms with Crippen molar-refractivity contribution in [1.82, 2.24) is 19.7 Å². The standard InChI is InChI=1S/C29H40F3N7O4Si/c1-44(2,3)16-15-43-21-39-28(41)27(29(30,31)32)24(19-35-39)38-9-4-5-23(38)8-14-42-20-26(40)37-12-10-36(11-13-37)25-7-6-22(17-33)18-34-25/h6-7,18-19,23H,4-5,8-16,20-21H2,1-3H3/t23-/m0/s1. The average molecular weight is 636 g/mol. The number of halogens is 3. The van der Waals surface area contributed by atoms with Gasteiger partial charge >= 0.3 is 6.18 Å². The van der Waals surface area contributed by atoms with E-state index in [1.165, 1.54) is 6.20 Å². The largest absolute Gasteiger partial charge is 0.423 e. The molecule has 1 amide bonds. The van der Waals surface area contributed by atoms with Crippen molar-refractivity contribution in [3.8, 4) is 6.07 Å². The summed E-state index contributed by atoms with van der Waals surface area (Å²) in [4.78, 5) is 35.3. The predicted molar refractivity (Wildman–Crippen MR) is 161 cm³/mol. The Hall–Kier alpha value is -3.48. The lowest BCUT2D eigenvalue weighted by molar-refractivity contribution is -0.139. The second-order valence-corrected chi connectivity index (χ2v) is 17.9. The van der Waals surface area contributed by atoms with Gasteiger partial charge in [-0.25, -0.2) is 9.67 Å². The highest BCUT2D eigenvalue weighted by molar-refractivity contribution is 6.76. The quantitative estimate of drug-likeness (QED) is 0.255. The zero-order valence-corrected chi connectivity index (χ0v) is 26.5. The maximum Gasteiger partial charge on any atom is 0.423 e. The Labute approximate surface area is 256 Å². The molecule has 2 aliphatic rings. The molecule has 4 rings (SSSR count). The first-order valence-electron chi connectivity index (χ1n) is 14.9. The lowest BCUT2D eigenvalue weighted by atomic mass is 10.1. The fraction of sp³-hybridized carbons (Fsp3) is 0.621. The molecule has 0 radical (unpaired) electrons. The Morgan fingerprint density at radius 1 is 1.09 bits per heavy atom. The maximum absolute atomic E-state index is 14.2. The summed E-state index contributed by atoms with van der Waals surface area (Å²) in [6.07, 6.45) is -0.504. The number of ether oxygens (including phenoxy) is 2. The van der Waals surface area contributed by atoms with Gasteiger partial charge in [0, 0.05) is 66.3 Å². The fourth-order valence-electron chi connectivity index (χ4n) is 5.33. The van der Waals surface area contributed by atoms with E-state index in [9.17, 15) is 22.8 Å². The Morgan fingerprint density at radius 2 is 1.84 bits per heavy atom. The van der Waals surface area contributed by atoms with Crippen molar-refractivity contribution in [2.45, 2.75) is 63.9 Å². The van der Waals surface area contributed by atoms with E-state index in [-0.39, 0.29) is 37.6 Å². The van der Waals surface area contributed by atoms with Crippen LogP contribution in [-0.2, 0) is 27.2 Å². The molecule has 0 N–H and O–H groups in total. The fourth-order valence-corrected chi connectivity index (χ4v) is 6.09. The van der Waals surface area contributed by atoms with Crippen LogP contribution in [0, 0.1) is 11.3 Å². The molecule has 4 heterocycles. The summed E-state index contributed by atoms with van der Waals surface area (Å²) in [7, 11) is -1.39. The Morgan fingerprint density at radius 3 is 2.48 bits per heavy atom. The first kappa shape index (κ1) is 33.4. The number of pyridine rings is 1. The summed E-state index contributed by atoms with van der Waals surface area (Å²) in [5.41, 5.74) is -2.20. The number of alkyl halides is 3. The van der Waals surface area contributed by atoms with Gasteiger partial charge < -0.3 is 24.2 Å². The van der Waals surface area contributed by atoms with Gasteiger partial charge in [-0.3, -0.25) is 9.59 Å². The van der Waals surface area contributed by atoms with E-state index in [2.05, 4.69) is 29.7 Å². The van der Waals surface area contributed by atoms with Crippen LogP contribution in [0.25, 0.3) is 0 Å². The number of hydrogen-bond acceptors (Lipinski definition) is 9. The molecule has 44 heavy (non-hydrogen) atoms. The van der Waals surface area contributed by atoms with Gasteiger partial charge in [0.25, 0.3) is 5.56 Å². The van der Waals surface area contributed by atoms with Crippen LogP contribution in [0.15, 0.2) is 29.3 Å². The molecule has 0 saturated carbocycles. The summed E-state index contributed by atoms with van der Waals surface area (Å²) < 4.78 is 54.3. The first-order valence-corrected chi connectivity index (χ1v) is 18.6. The van der Waals surface area contributed by atoms with Crippen LogP contribution in [0.4, 0.5) is 24.7 Å². The van der Waals surface area contributed by atoms with Crippen molar-refractivity contribution in [2.24, 2.45) is 0 Å². The van der Waals surface area contributed by atoms with Gasteiger partial charge in [0.2, 0.25) is 5.91 Å². The monoisotopic (exact) mass is 635 g/mol. The first-order chi connectivity index (χ1) is 20.9. The zero-order valence-electron chi connectivity index (χ0n) is 25.5. The van der Waals surface area contributed by atoms with Gasteiger partial charge in [-0.05, 0) is 37.4 Å². The van der Waals surface area contributed by atoms with Gasteiger partial charge in [-0.1, -0.05) is 19.6 Å². The van der Waals surface area contributed by atoms with E-state index in [1.54, 1.807) is 21.9 Å². The van der Waals surface area contributed by atoms with Gasteiger partial charge in [0.05, 0.1) is 17.4 Å². The van der Waals surface area contributed by atoms with Gasteiger partial charge in [0.15, 0.2) is 0 Å². The average Bonchev–Trinajstić information content (AvgIpc) is 3.45. The van der Waals surface area contributed by atoms with E-state index in [1.807, 2.05) is 11.0 Å². The second-order valence-electron chi connectivity index (χ2n) is 12.3. The van der Waals surface area contributed by atoms with Gasteiger partial charge in [-0.15, -0.1) is 0 Å². The number of aromatic nitrogens is 3. The molecular formula is C29H40F3N7O4Si. The number of nitriles is 1. The van der Waals surface area contributed by atoms with Crippen LogP contribution in [-0.4, -0.2) is 92.2 Å². The lowest BCUT2D eigenvalue weighted by Gasteiger charge is -2.35. The summed E-state index contributed by atoms with van der Waals surface area (Å²) >= 11 is 0. The smallest absolute Gasteiger partial charge is 0.372 e. The van der Waals surface area contributed by atoms with E-state index >= 15 is 0 Å². The third-order valence-electron chi connectivity index (χ3n) is 7.86. The molecule has 11 nitrogen and oxygen atoms in total. The second kappa shape index (κ2) is 14.5. The Balaban J connectivity index is 1.28. The lowest BCUT2D eigenvalue weighted by Crippen LogP contribution is -2.50. The third kappa shape index (κ3) is 8.79. The Bertz CT molecular complexity index is 1370. The molecule has 2 aromatic rings. The number of carbonyl (C=O) groups excluding carboxylic acids is 1. The van der Waals surface area contributed by atoms with Crippen molar-refractivity contribution in [3.05, 3.63) is 46.0 Å². The number of carbonyl (C=O) groups is 1. The van der Waals surface area contributed by atoms with Crippen LogP contribution in [0.5, 0.6) is 0 Å². The number of hydrogen-bond donors (Lipinski definition) is 0. The van der Waals surface area contributed by atoms with Crippen molar-refractivity contribution in [3.63, 3.8) is 0 Å². The number of rotatable bonds is 12. The normalized spacial score (nSPS) is 17.7. The number of amides is 1. The van der Waals surface area contributed by atoms with Gasteiger partial charge in [0.1, 0.15) is 30.8 Å². The summed E-state index contributed by atoms with van der Waals surface area (Å²) in [6.45, 7) is 9.14. The summed E-state index contributed by atoms with van der Waals surface area (Å²) in [6, 6.07) is 6.08. The van der Waals surface area contributed by atoms with E-state index < -0.39 is 25.4 Å². The summed E-state index contributed by atoms with van der Waals surface area (Å²) in [5, 5.41) is 13.0. The number of nitrogens with zero attached hydrogens (tertiary/aromatic N) is 7. The van der Waals surface area contributed by atoms with Crippen molar-refractivity contribution in [1.29, 1.82) is 5.26 Å². The van der Waals surface area contributed by atoms with Gasteiger partial charge in [-0.2, -0.15) is 23.5 Å². The molecule has 0 aliphatic carbocycles. The van der Waals surface area contributed by atoms with Crippen LogP contribution in [0.3, 0.4) is 0 Å². The SMILES string of the molecule is C[Si](C)(C)CCOCn1ncc(N2CCC[C@H]2CCOCC(=O)N2CCN(c3ccc(C#N)cn3)CC2)c(C(F)(F)F)c1=O. The minimum absolute atomic E-state index is 0.120. The van der Waals surface area contributed by atoms with Crippen LogP contribution < -0.4 is 15.4 Å². The Kier molecular flexibility index (Phi) is 11.0. The minimum Gasteiger partial charge on any atom is -0.372 e. The molecule has 0 unspecified atom stereocenters. The molecular weight excluding hydrogens is 595 g/mol. The van der Waals surface area contributed by atoms with E-state index in [4.69, 9.17) is 14.7 Å². The van der Waals surface area contributed by atoms with Crippen LogP contribution in [0.2, 0.25) is 25.7 Å². The number of anilines is 2. The molecule has 2 aromatic heterocycles. The topological polar surface area (TPSA) is 117 Å². The van der Waals surface area contributed by atoms with Crippen molar-refractivity contribution >= 4 is 25.5 Å². The van der Waals surface area contributed by atoms with E-state index in [0.29, 0.717) is 64.2 Å². The molecule has 0 aromatic carbocycles. The molecule has 0 spiro atoms. The molecule has 2 aliphatic heterocycles. The molecule has 2 fully saturated rings. The number of piperazine rings is 1. The van der Waals surface area contributed by atoms with E-state index in [0.717, 1.165) is 22.7 Å². The van der Waals surface area contributed by atoms with Crippen molar-refractivity contribution in [2.75, 3.05) is 62.3 Å². The molecule has 1 atom stereocenters. The highest BCUT2D eigenvalue weighted by Crippen LogP contribution is 2.37. The minimum atomic E-state index is -4.86. The van der Waals surface area contributed by atoms with Crippen LogP contribution in [0.1, 0.15) is 30.4 Å². The molecule has 240 valence electrons. The molecule has 2 saturated heterocycles. The molecule has 15 heteroatoms. The highest BCUT2D eigenvalue weighted by Gasteiger charge is 2.41. The third-order valence-corrected chi connectivity index (χ3v) is 9.56. The predicted octanol–water partition coefficient (Wildman–Crippen LogP) is 3.57. The van der Waals surface area contributed by atoms with Crippen LogP contribution >= 0.6 is 0 Å². The zero-order chi connectivity index (χ0) is 31.9. The highest BCUT2D eigenvalue weighted by atomic mass is 28.3.